The first-order chi connectivity index (χ1) is 16.4. The zero-order valence-corrected chi connectivity index (χ0v) is 20.1. The summed E-state index contributed by atoms with van der Waals surface area (Å²) in [5, 5.41) is 5.97. The summed E-state index contributed by atoms with van der Waals surface area (Å²) in [6.07, 6.45) is 0.736. The Morgan fingerprint density at radius 3 is 2.65 bits per heavy atom. The fraction of sp³-hybridized carbons (Fsp3) is 0.240. The monoisotopic (exact) mass is 526 g/mol. The van der Waals surface area contributed by atoms with Crippen molar-refractivity contribution in [2.45, 2.75) is 26.1 Å². The number of ether oxygens (including phenoxy) is 1. The number of carbonyl (C=O) groups is 2. The minimum absolute atomic E-state index is 0.201. The number of halogens is 2. The lowest BCUT2D eigenvalue weighted by molar-refractivity contribution is -0.119. The van der Waals surface area contributed by atoms with Crippen molar-refractivity contribution in [1.82, 2.24) is 15.6 Å². The molecule has 1 unspecified atom stereocenters. The lowest BCUT2D eigenvalue weighted by Crippen LogP contribution is -2.33. The Labute approximate surface area is 205 Å². The van der Waals surface area contributed by atoms with E-state index in [4.69, 9.17) is 4.74 Å². The van der Waals surface area contributed by atoms with Crippen LogP contribution in [0.15, 0.2) is 65.3 Å². The second kappa shape index (κ2) is 10.8. The molecule has 176 valence electrons. The number of carbonyl (C=O) groups excluding carboxylic acids is 2. The molecule has 0 saturated carbocycles. The van der Waals surface area contributed by atoms with Crippen molar-refractivity contribution in [3.63, 3.8) is 0 Å². The van der Waals surface area contributed by atoms with E-state index in [9.17, 15) is 14.0 Å². The maximum atomic E-state index is 14.9. The average molecular weight is 527 g/mol. The standard InChI is InChI=1S/C25H24BrFN4O3/c1-16(32)29-14-22-15-31(25(33)34-22)21-8-9-23(24(27)10-21)18-4-2-17(3-5-18)11-28-13-20-7-6-19(26)12-30-20/h2-10,12,22,28H,11,13-15H2,1H3,(H,29,32). The van der Waals surface area contributed by atoms with Crippen molar-refractivity contribution in [3.8, 4) is 11.1 Å². The molecule has 1 aromatic heterocycles. The van der Waals surface area contributed by atoms with Gasteiger partial charge in [-0.05, 0) is 57.4 Å². The van der Waals surface area contributed by atoms with Crippen LogP contribution in [0.25, 0.3) is 11.1 Å². The van der Waals surface area contributed by atoms with E-state index in [1.165, 1.54) is 17.9 Å². The van der Waals surface area contributed by atoms with Gasteiger partial charge in [-0.1, -0.05) is 24.3 Å². The van der Waals surface area contributed by atoms with Crippen molar-refractivity contribution < 1.29 is 18.7 Å². The number of hydrogen-bond donors (Lipinski definition) is 2. The van der Waals surface area contributed by atoms with Gasteiger partial charge in [-0.25, -0.2) is 9.18 Å². The Morgan fingerprint density at radius 2 is 1.97 bits per heavy atom. The molecule has 0 spiro atoms. The van der Waals surface area contributed by atoms with Crippen LogP contribution in [-0.2, 0) is 22.6 Å². The summed E-state index contributed by atoms with van der Waals surface area (Å²) in [5.41, 5.74) is 3.63. The number of nitrogens with one attached hydrogen (secondary N) is 2. The van der Waals surface area contributed by atoms with Crippen LogP contribution in [0.5, 0.6) is 0 Å². The predicted octanol–water partition coefficient (Wildman–Crippen LogP) is 4.40. The molecule has 3 aromatic rings. The smallest absolute Gasteiger partial charge is 0.414 e. The predicted molar refractivity (Wildman–Crippen MR) is 131 cm³/mol. The van der Waals surface area contributed by atoms with E-state index in [2.05, 4.69) is 31.5 Å². The third-order valence-corrected chi connectivity index (χ3v) is 5.88. The Bertz CT molecular complexity index is 1170. The molecule has 1 atom stereocenters. The number of benzene rings is 2. The SMILES string of the molecule is CC(=O)NCC1CN(c2ccc(-c3ccc(CNCc4ccc(Br)cn4)cc3)c(F)c2)C(=O)O1. The highest BCUT2D eigenvalue weighted by Gasteiger charge is 2.32. The first-order valence-corrected chi connectivity index (χ1v) is 11.6. The van der Waals surface area contributed by atoms with E-state index in [-0.39, 0.29) is 19.0 Å². The highest BCUT2D eigenvalue weighted by Crippen LogP contribution is 2.29. The number of aromatic nitrogens is 1. The molecule has 4 rings (SSSR count). The molecule has 0 bridgehead atoms. The van der Waals surface area contributed by atoms with Gasteiger partial charge in [-0.3, -0.25) is 14.7 Å². The van der Waals surface area contributed by atoms with E-state index in [0.29, 0.717) is 24.3 Å². The molecule has 1 aliphatic rings. The molecule has 1 fully saturated rings. The summed E-state index contributed by atoms with van der Waals surface area (Å²) >= 11 is 3.37. The number of amides is 2. The Balaban J connectivity index is 1.36. The summed E-state index contributed by atoms with van der Waals surface area (Å²) in [4.78, 5) is 29.0. The fourth-order valence-corrected chi connectivity index (χ4v) is 3.88. The summed E-state index contributed by atoms with van der Waals surface area (Å²) in [7, 11) is 0. The number of pyridine rings is 1. The quantitative estimate of drug-likeness (QED) is 0.454. The van der Waals surface area contributed by atoms with Gasteiger partial charge >= 0.3 is 6.09 Å². The lowest BCUT2D eigenvalue weighted by atomic mass is 10.0. The van der Waals surface area contributed by atoms with Gasteiger partial charge in [0, 0.05) is 36.2 Å². The van der Waals surface area contributed by atoms with Gasteiger partial charge in [0.15, 0.2) is 0 Å². The molecule has 2 N–H and O–H groups in total. The minimum atomic E-state index is -0.558. The van der Waals surface area contributed by atoms with Gasteiger partial charge in [0.05, 0.1) is 24.5 Å². The second-order valence-electron chi connectivity index (χ2n) is 7.99. The van der Waals surface area contributed by atoms with E-state index < -0.39 is 18.0 Å². The van der Waals surface area contributed by atoms with Gasteiger partial charge in [-0.2, -0.15) is 0 Å². The number of rotatable bonds is 8. The van der Waals surface area contributed by atoms with Crippen molar-refractivity contribution in [2.75, 3.05) is 18.0 Å². The van der Waals surface area contributed by atoms with Crippen LogP contribution in [0.4, 0.5) is 14.9 Å². The summed E-state index contributed by atoms with van der Waals surface area (Å²) < 4.78 is 21.1. The molecule has 7 nitrogen and oxygen atoms in total. The van der Waals surface area contributed by atoms with Crippen LogP contribution in [0.2, 0.25) is 0 Å². The molecule has 2 aromatic carbocycles. The Kier molecular flexibility index (Phi) is 7.54. The first kappa shape index (κ1) is 23.8. The molecular weight excluding hydrogens is 503 g/mol. The molecule has 1 aliphatic heterocycles. The van der Waals surface area contributed by atoms with Crippen molar-refractivity contribution in [1.29, 1.82) is 0 Å². The summed E-state index contributed by atoms with van der Waals surface area (Å²) in [6.45, 7) is 3.17. The normalized spacial score (nSPS) is 15.3. The van der Waals surface area contributed by atoms with E-state index in [1.807, 2.05) is 36.4 Å². The molecule has 9 heteroatoms. The third-order valence-electron chi connectivity index (χ3n) is 5.41. The van der Waals surface area contributed by atoms with Gasteiger partial charge in [-0.15, -0.1) is 0 Å². The molecule has 0 radical (unpaired) electrons. The fourth-order valence-electron chi connectivity index (χ4n) is 3.65. The van der Waals surface area contributed by atoms with E-state index in [1.54, 1.807) is 18.3 Å². The maximum Gasteiger partial charge on any atom is 0.414 e. The molecule has 2 amide bonds. The molecule has 34 heavy (non-hydrogen) atoms. The number of anilines is 1. The largest absolute Gasteiger partial charge is 0.442 e. The number of nitrogens with zero attached hydrogens (tertiary/aromatic N) is 2. The molecular formula is C25H24BrFN4O3. The second-order valence-corrected chi connectivity index (χ2v) is 8.90. The highest BCUT2D eigenvalue weighted by atomic mass is 79.9. The van der Waals surface area contributed by atoms with Crippen molar-refractivity contribution in [2.24, 2.45) is 0 Å². The van der Waals surface area contributed by atoms with Gasteiger partial charge in [0.2, 0.25) is 5.91 Å². The topological polar surface area (TPSA) is 83.6 Å². The first-order valence-electron chi connectivity index (χ1n) is 10.8. The zero-order chi connectivity index (χ0) is 24.1. The average Bonchev–Trinajstić information content (AvgIpc) is 3.20. The van der Waals surface area contributed by atoms with Crippen LogP contribution in [0.3, 0.4) is 0 Å². The zero-order valence-electron chi connectivity index (χ0n) is 18.6. The summed E-state index contributed by atoms with van der Waals surface area (Å²) in [5.74, 6) is -0.629. The third kappa shape index (κ3) is 5.98. The highest BCUT2D eigenvalue weighted by molar-refractivity contribution is 9.10. The lowest BCUT2D eigenvalue weighted by Gasteiger charge is -2.15. The maximum absolute atomic E-state index is 14.9. The van der Waals surface area contributed by atoms with Crippen LogP contribution < -0.4 is 15.5 Å². The molecule has 0 aliphatic carbocycles. The Hall–Kier alpha value is -3.30. The van der Waals surface area contributed by atoms with Crippen LogP contribution in [0, 0.1) is 5.82 Å². The van der Waals surface area contributed by atoms with Gasteiger partial charge in [0.1, 0.15) is 11.9 Å². The van der Waals surface area contributed by atoms with Gasteiger partial charge in [0.25, 0.3) is 0 Å². The summed E-state index contributed by atoms with van der Waals surface area (Å²) in [6, 6.07) is 16.3. The van der Waals surface area contributed by atoms with Crippen molar-refractivity contribution >= 4 is 33.6 Å². The van der Waals surface area contributed by atoms with Gasteiger partial charge < -0.3 is 15.4 Å². The number of hydrogen-bond acceptors (Lipinski definition) is 5. The van der Waals surface area contributed by atoms with Crippen LogP contribution >= 0.6 is 15.9 Å². The van der Waals surface area contributed by atoms with Crippen molar-refractivity contribution in [3.05, 3.63) is 82.3 Å². The molecule has 1 saturated heterocycles. The molecule has 2 heterocycles. The number of cyclic esters (lactones) is 1. The van der Waals surface area contributed by atoms with Crippen LogP contribution in [-0.4, -0.2) is 36.2 Å². The Morgan fingerprint density at radius 1 is 1.18 bits per heavy atom. The van der Waals surface area contributed by atoms with E-state index >= 15 is 0 Å². The minimum Gasteiger partial charge on any atom is -0.442 e. The van der Waals surface area contributed by atoms with Crippen LogP contribution in [0.1, 0.15) is 18.2 Å². The van der Waals surface area contributed by atoms with E-state index in [0.717, 1.165) is 21.3 Å².